The van der Waals surface area contributed by atoms with Crippen molar-refractivity contribution in [3.05, 3.63) is 35.9 Å². The van der Waals surface area contributed by atoms with E-state index in [4.69, 9.17) is 5.73 Å². The second kappa shape index (κ2) is 7.95. The van der Waals surface area contributed by atoms with Crippen LogP contribution in [0.25, 0.3) is 0 Å². The van der Waals surface area contributed by atoms with E-state index in [-0.39, 0.29) is 0 Å². The molecule has 0 aromatic heterocycles. The maximum atomic E-state index is 6.09. The Morgan fingerprint density at radius 3 is 2.48 bits per heavy atom. The van der Waals surface area contributed by atoms with Gasteiger partial charge in [-0.2, -0.15) is 0 Å². The smallest absolute Gasteiger partial charge is 0.0239 e. The van der Waals surface area contributed by atoms with Gasteiger partial charge in [-0.15, -0.1) is 0 Å². The average Bonchev–Trinajstić information content (AvgIpc) is 2.52. The van der Waals surface area contributed by atoms with Crippen molar-refractivity contribution in [3.63, 3.8) is 0 Å². The molecule has 0 heterocycles. The van der Waals surface area contributed by atoms with E-state index >= 15 is 0 Å². The number of rotatable bonds is 6. The number of nitrogens with zero attached hydrogens (tertiary/aromatic N) is 1. The van der Waals surface area contributed by atoms with Gasteiger partial charge in [0.15, 0.2) is 0 Å². The van der Waals surface area contributed by atoms with Gasteiger partial charge < -0.3 is 5.73 Å². The lowest BCUT2D eigenvalue weighted by atomic mass is 9.76. The van der Waals surface area contributed by atoms with E-state index in [1.54, 1.807) is 0 Å². The Morgan fingerprint density at radius 1 is 1.19 bits per heavy atom. The second-order valence-corrected chi connectivity index (χ2v) is 6.90. The van der Waals surface area contributed by atoms with Crippen molar-refractivity contribution in [2.24, 2.45) is 17.6 Å². The maximum Gasteiger partial charge on any atom is 0.0239 e. The van der Waals surface area contributed by atoms with Crippen LogP contribution in [0.15, 0.2) is 30.3 Å². The Kier molecular flexibility index (Phi) is 6.25. The van der Waals surface area contributed by atoms with Crippen LogP contribution in [-0.2, 0) is 6.54 Å². The predicted molar refractivity (Wildman–Crippen MR) is 91.1 cm³/mol. The first kappa shape index (κ1) is 16.5. The molecule has 1 aromatic rings. The van der Waals surface area contributed by atoms with Crippen LogP contribution in [0.1, 0.15) is 52.0 Å². The van der Waals surface area contributed by atoms with Gasteiger partial charge in [-0.05, 0) is 50.6 Å². The fourth-order valence-corrected chi connectivity index (χ4v) is 3.82. The van der Waals surface area contributed by atoms with Crippen molar-refractivity contribution in [2.75, 3.05) is 6.54 Å². The third-order valence-electron chi connectivity index (χ3n) is 5.24. The van der Waals surface area contributed by atoms with E-state index in [9.17, 15) is 0 Å². The van der Waals surface area contributed by atoms with E-state index in [1.807, 2.05) is 0 Å². The summed E-state index contributed by atoms with van der Waals surface area (Å²) in [5.41, 5.74) is 7.50. The van der Waals surface area contributed by atoms with Gasteiger partial charge in [-0.1, -0.05) is 50.1 Å². The van der Waals surface area contributed by atoms with Crippen LogP contribution in [0.5, 0.6) is 0 Å². The fourth-order valence-electron chi connectivity index (χ4n) is 3.82. The van der Waals surface area contributed by atoms with Gasteiger partial charge in [0.05, 0.1) is 0 Å². The Hall–Kier alpha value is -0.860. The Labute approximate surface area is 130 Å². The molecule has 1 aliphatic rings. The molecule has 0 amide bonds. The quantitative estimate of drug-likeness (QED) is 0.855. The van der Waals surface area contributed by atoms with Gasteiger partial charge in [-0.25, -0.2) is 0 Å². The summed E-state index contributed by atoms with van der Waals surface area (Å²) in [6.07, 6.45) is 5.30. The molecule has 0 saturated heterocycles. The molecule has 0 radical (unpaired) electrons. The zero-order valence-electron chi connectivity index (χ0n) is 14.0. The zero-order chi connectivity index (χ0) is 15.2. The molecule has 0 spiro atoms. The molecular weight excluding hydrogens is 256 g/mol. The number of hydrogen-bond donors (Lipinski definition) is 1. The molecule has 2 N–H and O–H groups in total. The predicted octanol–water partition coefficient (Wildman–Crippen LogP) is 4.05. The van der Waals surface area contributed by atoms with E-state index in [2.05, 4.69) is 56.0 Å². The summed E-state index contributed by atoms with van der Waals surface area (Å²) in [6, 6.07) is 12.1. The molecule has 118 valence electrons. The standard InChI is InChI=1S/C19H32N2/c1-4-16-10-11-18(13-20)19(12-16)21(15(2)3)14-17-8-6-5-7-9-17/h5-9,15-16,18-19H,4,10-14,20H2,1-3H3. The summed E-state index contributed by atoms with van der Waals surface area (Å²) in [7, 11) is 0. The Morgan fingerprint density at radius 2 is 1.90 bits per heavy atom. The maximum absolute atomic E-state index is 6.09. The number of benzene rings is 1. The third kappa shape index (κ3) is 4.31. The summed E-state index contributed by atoms with van der Waals surface area (Å²) in [5.74, 6) is 1.55. The van der Waals surface area contributed by atoms with Crippen molar-refractivity contribution in [2.45, 2.75) is 65.1 Å². The highest BCUT2D eigenvalue weighted by atomic mass is 15.2. The van der Waals surface area contributed by atoms with E-state index in [0.29, 0.717) is 18.0 Å². The van der Waals surface area contributed by atoms with E-state index in [0.717, 1.165) is 19.0 Å². The lowest BCUT2D eigenvalue weighted by molar-refractivity contribution is 0.0501. The molecule has 3 atom stereocenters. The highest BCUT2D eigenvalue weighted by Crippen LogP contribution is 2.35. The lowest BCUT2D eigenvalue weighted by Crippen LogP contribution is -2.49. The topological polar surface area (TPSA) is 29.3 Å². The Bertz CT molecular complexity index is 401. The largest absolute Gasteiger partial charge is 0.330 e. The summed E-state index contributed by atoms with van der Waals surface area (Å²) in [5, 5.41) is 0. The van der Waals surface area contributed by atoms with Gasteiger partial charge in [0.1, 0.15) is 0 Å². The van der Waals surface area contributed by atoms with Crippen LogP contribution in [0.4, 0.5) is 0 Å². The molecule has 1 aromatic carbocycles. The van der Waals surface area contributed by atoms with Gasteiger partial charge in [0.2, 0.25) is 0 Å². The molecular formula is C19H32N2. The highest BCUT2D eigenvalue weighted by molar-refractivity contribution is 5.15. The molecule has 2 rings (SSSR count). The monoisotopic (exact) mass is 288 g/mol. The minimum atomic E-state index is 0.569. The number of nitrogens with two attached hydrogens (primary N) is 1. The second-order valence-electron chi connectivity index (χ2n) is 6.90. The highest BCUT2D eigenvalue weighted by Gasteiger charge is 2.34. The molecule has 0 bridgehead atoms. The van der Waals surface area contributed by atoms with Gasteiger partial charge in [0, 0.05) is 18.6 Å². The summed E-state index contributed by atoms with van der Waals surface area (Å²) < 4.78 is 0. The fraction of sp³-hybridized carbons (Fsp3) is 0.684. The minimum Gasteiger partial charge on any atom is -0.330 e. The van der Waals surface area contributed by atoms with Crippen LogP contribution in [0.3, 0.4) is 0 Å². The first-order valence-corrected chi connectivity index (χ1v) is 8.65. The molecule has 1 saturated carbocycles. The summed E-state index contributed by atoms with van der Waals surface area (Å²) >= 11 is 0. The van der Waals surface area contributed by atoms with Crippen molar-refractivity contribution in [3.8, 4) is 0 Å². The van der Waals surface area contributed by atoms with Crippen LogP contribution in [0, 0.1) is 11.8 Å². The van der Waals surface area contributed by atoms with Gasteiger partial charge in [-0.3, -0.25) is 4.90 Å². The normalized spacial score (nSPS) is 26.5. The van der Waals surface area contributed by atoms with Gasteiger partial charge in [0.25, 0.3) is 0 Å². The average molecular weight is 288 g/mol. The van der Waals surface area contributed by atoms with Crippen molar-refractivity contribution >= 4 is 0 Å². The summed E-state index contributed by atoms with van der Waals surface area (Å²) in [4.78, 5) is 2.69. The molecule has 2 heteroatoms. The summed E-state index contributed by atoms with van der Waals surface area (Å²) in [6.45, 7) is 8.87. The van der Waals surface area contributed by atoms with Crippen molar-refractivity contribution in [1.82, 2.24) is 4.90 Å². The van der Waals surface area contributed by atoms with Crippen LogP contribution in [0.2, 0.25) is 0 Å². The van der Waals surface area contributed by atoms with Crippen LogP contribution in [-0.4, -0.2) is 23.5 Å². The molecule has 0 aliphatic heterocycles. The lowest BCUT2D eigenvalue weighted by Gasteiger charge is -2.44. The van der Waals surface area contributed by atoms with E-state index < -0.39 is 0 Å². The van der Waals surface area contributed by atoms with Crippen LogP contribution < -0.4 is 5.73 Å². The van der Waals surface area contributed by atoms with Crippen LogP contribution >= 0.6 is 0 Å². The van der Waals surface area contributed by atoms with Crippen molar-refractivity contribution in [1.29, 1.82) is 0 Å². The molecule has 1 fully saturated rings. The van der Waals surface area contributed by atoms with Gasteiger partial charge >= 0.3 is 0 Å². The molecule has 3 unspecified atom stereocenters. The molecule has 21 heavy (non-hydrogen) atoms. The van der Waals surface area contributed by atoms with E-state index in [1.165, 1.54) is 31.2 Å². The first-order chi connectivity index (χ1) is 10.2. The molecule has 1 aliphatic carbocycles. The number of hydrogen-bond acceptors (Lipinski definition) is 2. The third-order valence-corrected chi connectivity index (χ3v) is 5.24. The molecule has 2 nitrogen and oxygen atoms in total. The SMILES string of the molecule is CCC1CCC(CN)C(N(Cc2ccccc2)C(C)C)C1. The van der Waals surface area contributed by atoms with Crippen molar-refractivity contribution < 1.29 is 0 Å². The first-order valence-electron chi connectivity index (χ1n) is 8.65. The Balaban J connectivity index is 2.14. The zero-order valence-corrected chi connectivity index (χ0v) is 14.0. The minimum absolute atomic E-state index is 0.569.